The second kappa shape index (κ2) is 11.0. The maximum absolute atomic E-state index is 13.5. The fraction of sp³-hybridized carbons (Fsp3) is 0.143. The van der Waals surface area contributed by atoms with Gasteiger partial charge in [-0.05, 0) is 44.2 Å². The molecule has 0 unspecified atom stereocenters. The third-order valence-corrected chi connectivity index (χ3v) is 6.16. The predicted octanol–water partition coefficient (Wildman–Crippen LogP) is 5.58. The van der Waals surface area contributed by atoms with Crippen molar-refractivity contribution in [3.63, 3.8) is 0 Å². The Labute approximate surface area is 231 Å². The summed E-state index contributed by atoms with van der Waals surface area (Å²) in [7, 11) is 0. The minimum atomic E-state index is -1.13. The van der Waals surface area contributed by atoms with Crippen LogP contribution in [0.1, 0.15) is 19.4 Å². The first-order valence-electron chi connectivity index (χ1n) is 12.1. The lowest BCUT2D eigenvalue weighted by Crippen LogP contribution is -2.26. The van der Waals surface area contributed by atoms with E-state index in [2.05, 4.69) is 10.1 Å². The van der Waals surface area contributed by atoms with Crippen LogP contribution in [0, 0.1) is 10.1 Å². The molecule has 0 radical (unpaired) electrons. The number of rotatable bonds is 8. The number of hydrogen-bond acceptors (Lipinski definition) is 9. The van der Waals surface area contributed by atoms with Crippen molar-refractivity contribution in [1.29, 1.82) is 0 Å². The highest BCUT2D eigenvalue weighted by atomic mass is 35.5. The smallest absolute Gasteiger partial charge is 0.347 e. The number of carbonyl (C=O) groups is 1. The van der Waals surface area contributed by atoms with E-state index in [0.29, 0.717) is 22.2 Å². The highest BCUT2D eigenvalue weighted by molar-refractivity contribution is 6.32. The van der Waals surface area contributed by atoms with E-state index in [1.54, 1.807) is 43.3 Å². The van der Waals surface area contributed by atoms with E-state index >= 15 is 0 Å². The standard InChI is InChI=1S/C28H21ClN4O7/c1-3-38-28(35)16(2)39-25-20(29)12-17(13-22(25)33(36)37)15-30-32-26(24-14-18-8-4-7-11-23(18)40-24)31-21-10-6-5-9-19(21)27(32)34/h4-16H,3H2,1-2H3/t16-/m1/s1. The van der Waals surface area contributed by atoms with Gasteiger partial charge in [0.15, 0.2) is 11.9 Å². The fourth-order valence-electron chi connectivity index (χ4n) is 4.02. The van der Waals surface area contributed by atoms with Gasteiger partial charge >= 0.3 is 11.7 Å². The second-order valence-corrected chi connectivity index (χ2v) is 8.99. The summed E-state index contributed by atoms with van der Waals surface area (Å²) in [5, 5.41) is 17.1. The average Bonchev–Trinajstić information content (AvgIpc) is 3.38. The van der Waals surface area contributed by atoms with Gasteiger partial charge in [0.1, 0.15) is 5.58 Å². The van der Waals surface area contributed by atoms with Crippen LogP contribution in [-0.4, -0.2) is 39.5 Å². The minimum absolute atomic E-state index is 0.122. The van der Waals surface area contributed by atoms with Gasteiger partial charge in [0, 0.05) is 17.0 Å². The van der Waals surface area contributed by atoms with E-state index in [-0.39, 0.29) is 28.8 Å². The number of ether oxygens (including phenoxy) is 2. The molecule has 5 rings (SSSR count). The summed E-state index contributed by atoms with van der Waals surface area (Å²) in [5.74, 6) is -0.543. The molecule has 0 saturated heterocycles. The van der Waals surface area contributed by atoms with E-state index in [1.807, 2.05) is 18.2 Å². The van der Waals surface area contributed by atoms with Gasteiger partial charge in [0.25, 0.3) is 5.56 Å². The number of furan rings is 1. The number of benzene rings is 3. The SMILES string of the molecule is CCOC(=O)[C@@H](C)Oc1c(Cl)cc(C=Nn2c(-c3cc4ccccc4o3)nc3ccccc3c2=O)cc1[N+](=O)[O-]. The molecule has 2 aromatic heterocycles. The number of nitro benzene ring substituents is 1. The van der Waals surface area contributed by atoms with Gasteiger partial charge in [0.2, 0.25) is 11.6 Å². The van der Waals surface area contributed by atoms with Gasteiger partial charge in [-0.1, -0.05) is 41.9 Å². The number of para-hydroxylation sites is 2. The summed E-state index contributed by atoms with van der Waals surface area (Å²) in [4.78, 5) is 41.2. The van der Waals surface area contributed by atoms with Crippen LogP contribution >= 0.6 is 11.6 Å². The molecule has 11 nitrogen and oxygen atoms in total. The van der Waals surface area contributed by atoms with Crippen LogP contribution in [0.2, 0.25) is 5.02 Å². The molecule has 0 aliphatic heterocycles. The molecule has 0 fully saturated rings. The lowest BCUT2D eigenvalue weighted by Gasteiger charge is -2.14. The minimum Gasteiger partial charge on any atom is -0.471 e. The van der Waals surface area contributed by atoms with Crippen LogP contribution in [0.5, 0.6) is 5.75 Å². The lowest BCUT2D eigenvalue weighted by molar-refractivity contribution is -0.386. The molecule has 0 bridgehead atoms. The molecule has 12 heteroatoms. The zero-order valence-electron chi connectivity index (χ0n) is 21.2. The van der Waals surface area contributed by atoms with Crippen molar-refractivity contribution >= 4 is 51.3 Å². The Hall–Kier alpha value is -5.03. The molecule has 0 aliphatic carbocycles. The predicted molar refractivity (Wildman–Crippen MR) is 149 cm³/mol. The number of aromatic nitrogens is 2. The zero-order chi connectivity index (χ0) is 28.4. The van der Waals surface area contributed by atoms with Gasteiger partial charge in [0.05, 0.1) is 33.7 Å². The maximum atomic E-state index is 13.5. The fourth-order valence-corrected chi connectivity index (χ4v) is 4.28. The Bertz CT molecular complexity index is 1830. The molecule has 0 N–H and O–H groups in total. The molecule has 3 aromatic carbocycles. The van der Waals surface area contributed by atoms with E-state index in [9.17, 15) is 19.7 Å². The molecule has 0 spiro atoms. The normalized spacial score (nSPS) is 12.2. The van der Waals surface area contributed by atoms with Crippen LogP contribution in [0.15, 0.2) is 81.0 Å². The first-order chi connectivity index (χ1) is 19.3. The first kappa shape index (κ1) is 26.6. The van der Waals surface area contributed by atoms with E-state index in [0.717, 1.165) is 10.1 Å². The molecule has 0 aliphatic rings. The summed E-state index contributed by atoms with van der Waals surface area (Å²) in [6.07, 6.45) is 0.103. The number of nitrogens with zero attached hydrogens (tertiary/aromatic N) is 4. The van der Waals surface area contributed by atoms with Crippen LogP contribution in [0.25, 0.3) is 33.5 Å². The number of fused-ring (bicyclic) bond motifs is 2. The summed E-state index contributed by atoms with van der Waals surface area (Å²) < 4.78 is 17.4. The highest BCUT2D eigenvalue weighted by Gasteiger charge is 2.26. The molecule has 0 saturated carbocycles. The molecule has 202 valence electrons. The number of halogens is 1. The molecule has 5 aromatic rings. The zero-order valence-corrected chi connectivity index (χ0v) is 22.0. The third kappa shape index (κ3) is 5.14. The quantitative estimate of drug-likeness (QED) is 0.104. The molecule has 1 atom stereocenters. The summed E-state index contributed by atoms with van der Waals surface area (Å²) >= 11 is 6.33. The number of esters is 1. The van der Waals surface area contributed by atoms with Crippen LogP contribution in [0.3, 0.4) is 0 Å². The Balaban J connectivity index is 1.60. The molecule has 0 amide bonds. The van der Waals surface area contributed by atoms with Gasteiger partial charge in [-0.15, -0.1) is 0 Å². The van der Waals surface area contributed by atoms with Crippen molar-refractivity contribution in [2.45, 2.75) is 20.0 Å². The lowest BCUT2D eigenvalue weighted by atomic mass is 10.2. The van der Waals surface area contributed by atoms with Crippen molar-refractivity contribution in [2.75, 3.05) is 6.61 Å². The van der Waals surface area contributed by atoms with Crippen molar-refractivity contribution in [3.05, 3.63) is 97.8 Å². The Morgan fingerprint density at radius 2 is 1.95 bits per heavy atom. The molecule has 40 heavy (non-hydrogen) atoms. The van der Waals surface area contributed by atoms with Crippen LogP contribution < -0.4 is 10.3 Å². The summed E-state index contributed by atoms with van der Waals surface area (Å²) in [6.45, 7) is 3.15. The largest absolute Gasteiger partial charge is 0.471 e. The molecular weight excluding hydrogens is 540 g/mol. The first-order valence-corrected chi connectivity index (χ1v) is 12.5. The van der Waals surface area contributed by atoms with Gasteiger partial charge in [-0.25, -0.2) is 9.78 Å². The topological polar surface area (TPSA) is 139 Å². The van der Waals surface area contributed by atoms with Crippen LogP contribution in [0.4, 0.5) is 5.69 Å². The van der Waals surface area contributed by atoms with Gasteiger partial charge < -0.3 is 13.9 Å². The van der Waals surface area contributed by atoms with Crippen molar-refractivity contribution in [1.82, 2.24) is 9.66 Å². The van der Waals surface area contributed by atoms with Crippen molar-refractivity contribution in [2.24, 2.45) is 5.10 Å². The number of nitro groups is 1. The van der Waals surface area contributed by atoms with Crippen LogP contribution in [-0.2, 0) is 9.53 Å². The summed E-state index contributed by atoms with van der Waals surface area (Å²) in [6, 6.07) is 18.4. The Morgan fingerprint density at radius 3 is 2.70 bits per heavy atom. The Kier molecular flexibility index (Phi) is 7.30. The number of hydrogen-bond donors (Lipinski definition) is 0. The number of carbonyl (C=O) groups excluding carboxylic acids is 1. The van der Waals surface area contributed by atoms with Gasteiger partial charge in [-0.2, -0.15) is 9.78 Å². The monoisotopic (exact) mass is 560 g/mol. The van der Waals surface area contributed by atoms with E-state index in [1.165, 1.54) is 25.3 Å². The van der Waals surface area contributed by atoms with Gasteiger partial charge in [-0.3, -0.25) is 14.9 Å². The summed E-state index contributed by atoms with van der Waals surface area (Å²) in [5.41, 5.74) is 0.284. The van der Waals surface area contributed by atoms with Crippen molar-refractivity contribution < 1.29 is 23.6 Å². The second-order valence-electron chi connectivity index (χ2n) is 8.58. The van der Waals surface area contributed by atoms with E-state index < -0.39 is 28.2 Å². The average molecular weight is 561 g/mol. The maximum Gasteiger partial charge on any atom is 0.347 e. The third-order valence-electron chi connectivity index (χ3n) is 5.88. The molecular formula is C28H21ClN4O7. The van der Waals surface area contributed by atoms with Crippen molar-refractivity contribution in [3.8, 4) is 17.3 Å². The van der Waals surface area contributed by atoms with E-state index in [4.69, 9.17) is 25.5 Å². The molecule has 2 heterocycles. The highest BCUT2D eigenvalue weighted by Crippen LogP contribution is 2.37. The Morgan fingerprint density at radius 1 is 1.20 bits per heavy atom.